The Kier molecular flexibility index (Phi) is 3.61. The van der Waals surface area contributed by atoms with Gasteiger partial charge in [-0.1, -0.05) is 5.16 Å². The smallest absolute Gasteiger partial charge is 0.234 e. The summed E-state index contributed by atoms with van der Waals surface area (Å²) in [4.78, 5) is 16.8. The fourth-order valence-electron chi connectivity index (χ4n) is 1.01. The molecule has 3 N–H and O–H groups in total. The van der Waals surface area contributed by atoms with Gasteiger partial charge in [0.15, 0.2) is 0 Å². The minimum atomic E-state index is -0.265. The summed E-state index contributed by atoms with van der Waals surface area (Å²) in [6, 6.07) is 3.47. The Balaban J connectivity index is 2.69. The van der Waals surface area contributed by atoms with E-state index in [-0.39, 0.29) is 18.2 Å². The molecule has 6 nitrogen and oxygen atoms in total. The summed E-state index contributed by atoms with van der Waals surface area (Å²) in [6.45, 7) is 0. The van der Waals surface area contributed by atoms with Gasteiger partial charge in [0.1, 0.15) is 5.84 Å². The highest BCUT2D eigenvalue weighted by Gasteiger charge is 2.12. The number of pyridine rings is 1. The van der Waals surface area contributed by atoms with E-state index in [1.54, 1.807) is 31.6 Å². The fourth-order valence-corrected chi connectivity index (χ4v) is 1.01. The van der Waals surface area contributed by atoms with E-state index < -0.39 is 0 Å². The molecule has 0 aliphatic carbocycles. The van der Waals surface area contributed by atoms with Crippen LogP contribution in [0.2, 0.25) is 0 Å². The lowest BCUT2D eigenvalue weighted by Gasteiger charge is -2.15. The largest absolute Gasteiger partial charge is 0.409 e. The highest BCUT2D eigenvalue weighted by molar-refractivity contribution is 6.05. The normalized spacial score (nSPS) is 11.1. The minimum Gasteiger partial charge on any atom is -0.409 e. The molecule has 0 saturated heterocycles. The van der Waals surface area contributed by atoms with E-state index in [1.807, 2.05) is 0 Å². The molecule has 0 atom stereocenters. The fraction of sp³-hybridized carbons (Fsp3) is 0.222. The number of hydrogen-bond donors (Lipinski definition) is 2. The molecule has 1 rings (SSSR count). The highest BCUT2D eigenvalue weighted by Crippen LogP contribution is 2.10. The van der Waals surface area contributed by atoms with Crippen LogP contribution in [0.5, 0.6) is 0 Å². The van der Waals surface area contributed by atoms with Crippen LogP contribution in [-0.2, 0) is 4.79 Å². The van der Waals surface area contributed by atoms with Crippen LogP contribution in [0, 0.1) is 0 Å². The van der Waals surface area contributed by atoms with Crippen LogP contribution >= 0.6 is 0 Å². The first-order valence-electron chi connectivity index (χ1n) is 4.28. The molecule has 0 aliphatic heterocycles. The number of amides is 1. The molecule has 0 spiro atoms. The molecule has 0 unspecified atom stereocenters. The van der Waals surface area contributed by atoms with Gasteiger partial charge in [-0.15, -0.1) is 0 Å². The number of carbonyl (C=O) groups is 1. The predicted molar refractivity (Wildman–Crippen MR) is 55.7 cm³/mol. The van der Waals surface area contributed by atoms with Gasteiger partial charge in [0.25, 0.3) is 0 Å². The molecule has 15 heavy (non-hydrogen) atoms. The van der Waals surface area contributed by atoms with Crippen molar-refractivity contribution in [3.05, 3.63) is 24.5 Å². The Labute approximate surface area is 87.0 Å². The van der Waals surface area contributed by atoms with E-state index in [0.717, 1.165) is 0 Å². The summed E-state index contributed by atoms with van der Waals surface area (Å²) in [7, 11) is 1.60. The van der Waals surface area contributed by atoms with Crippen molar-refractivity contribution in [3.63, 3.8) is 0 Å². The third kappa shape index (κ3) is 2.94. The van der Waals surface area contributed by atoms with Crippen LogP contribution in [0.1, 0.15) is 6.42 Å². The Hall–Kier alpha value is -2.11. The number of oxime groups is 1. The molecule has 1 aromatic rings. The number of nitrogens with zero attached hydrogens (tertiary/aromatic N) is 3. The second-order valence-electron chi connectivity index (χ2n) is 2.93. The SMILES string of the molecule is CN(C(=O)CC(N)=NO)c1cccnc1. The Bertz CT molecular complexity index is 364. The molecule has 0 saturated carbocycles. The molecule has 1 aromatic heterocycles. The number of anilines is 1. The lowest BCUT2D eigenvalue weighted by molar-refractivity contribution is -0.117. The van der Waals surface area contributed by atoms with Crippen molar-refractivity contribution in [2.24, 2.45) is 10.9 Å². The van der Waals surface area contributed by atoms with Crippen LogP contribution in [0.3, 0.4) is 0 Å². The topological polar surface area (TPSA) is 91.8 Å². The van der Waals surface area contributed by atoms with Gasteiger partial charge >= 0.3 is 0 Å². The van der Waals surface area contributed by atoms with E-state index in [9.17, 15) is 4.79 Å². The summed E-state index contributed by atoms with van der Waals surface area (Å²) in [5.41, 5.74) is 5.89. The summed E-state index contributed by atoms with van der Waals surface area (Å²) in [5, 5.41) is 11.1. The van der Waals surface area contributed by atoms with Gasteiger partial charge in [0.05, 0.1) is 18.3 Å². The van der Waals surface area contributed by atoms with Gasteiger partial charge in [-0.3, -0.25) is 9.78 Å². The van der Waals surface area contributed by atoms with Crippen LogP contribution in [0.25, 0.3) is 0 Å². The van der Waals surface area contributed by atoms with Crippen molar-refractivity contribution in [1.29, 1.82) is 0 Å². The van der Waals surface area contributed by atoms with E-state index >= 15 is 0 Å². The van der Waals surface area contributed by atoms with Crippen molar-refractivity contribution in [3.8, 4) is 0 Å². The van der Waals surface area contributed by atoms with Crippen molar-refractivity contribution in [2.75, 3.05) is 11.9 Å². The third-order valence-electron chi connectivity index (χ3n) is 1.87. The van der Waals surface area contributed by atoms with Crippen LogP contribution < -0.4 is 10.6 Å². The molecule has 6 heteroatoms. The van der Waals surface area contributed by atoms with Crippen LogP contribution in [0.4, 0.5) is 5.69 Å². The summed E-state index contributed by atoms with van der Waals surface area (Å²) in [5.74, 6) is -0.381. The quantitative estimate of drug-likeness (QED) is 0.321. The van der Waals surface area contributed by atoms with Crippen LogP contribution in [0.15, 0.2) is 29.7 Å². The van der Waals surface area contributed by atoms with Gasteiger partial charge in [-0.2, -0.15) is 0 Å². The maximum Gasteiger partial charge on any atom is 0.234 e. The Morgan fingerprint density at radius 3 is 3.00 bits per heavy atom. The molecule has 0 aliphatic rings. The maximum atomic E-state index is 11.5. The van der Waals surface area contributed by atoms with E-state index in [2.05, 4.69) is 10.1 Å². The zero-order valence-electron chi connectivity index (χ0n) is 8.29. The zero-order chi connectivity index (χ0) is 11.3. The monoisotopic (exact) mass is 208 g/mol. The van der Waals surface area contributed by atoms with Crippen molar-refractivity contribution in [2.45, 2.75) is 6.42 Å². The van der Waals surface area contributed by atoms with Gasteiger partial charge in [0, 0.05) is 13.2 Å². The van der Waals surface area contributed by atoms with E-state index in [4.69, 9.17) is 10.9 Å². The molecule has 80 valence electrons. The molecule has 1 heterocycles. The second-order valence-corrected chi connectivity index (χ2v) is 2.93. The summed E-state index contributed by atoms with van der Waals surface area (Å²) in [6.07, 6.45) is 3.05. The van der Waals surface area contributed by atoms with E-state index in [1.165, 1.54) is 4.90 Å². The Morgan fingerprint density at radius 2 is 2.47 bits per heavy atom. The predicted octanol–water partition coefficient (Wildman–Crippen LogP) is 0.181. The standard InChI is InChI=1S/C9H12N4O2/c1-13(7-3-2-4-11-6-7)9(14)5-8(10)12-15/h2-4,6,15H,5H2,1H3,(H2,10,12). The molecular weight excluding hydrogens is 196 g/mol. The minimum absolute atomic E-state index is 0.115. The number of hydrogen-bond acceptors (Lipinski definition) is 4. The zero-order valence-corrected chi connectivity index (χ0v) is 8.29. The second kappa shape index (κ2) is 4.94. The molecular formula is C9H12N4O2. The van der Waals surface area contributed by atoms with Gasteiger partial charge in [-0.05, 0) is 12.1 Å². The van der Waals surface area contributed by atoms with Crippen molar-refractivity contribution in [1.82, 2.24) is 4.98 Å². The van der Waals surface area contributed by atoms with E-state index in [0.29, 0.717) is 5.69 Å². The number of carbonyl (C=O) groups excluding carboxylic acids is 1. The highest BCUT2D eigenvalue weighted by atomic mass is 16.4. The van der Waals surface area contributed by atoms with Gasteiger partial charge in [-0.25, -0.2) is 0 Å². The summed E-state index contributed by atoms with van der Waals surface area (Å²) >= 11 is 0. The van der Waals surface area contributed by atoms with Crippen molar-refractivity contribution < 1.29 is 10.0 Å². The van der Waals surface area contributed by atoms with Gasteiger partial charge < -0.3 is 15.8 Å². The average molecular weight is 208 g/mol. The molecule has 0 bridgehead atoms. The molecule has 0 radical (unpaired) electrons. The first kappa shape index (κ1) is 11.0. The first-order valence-corrected chi connectivity index (χ1v) is 4.28. The average Bonchev–Trinajstić information content (AvgIpc) is 2.29. The first-order chi connectivity index (χ1) is 7.15. The van der Waals surface area contributed by atoms with Gasteiger partial charge in [0.2, 0.25) is 5.91 Å². The Morgan fingerprint density at radius 1 is 1.73 bits per heavy atom. The summed E-state index contributed by atoms with van der Waals surface area (Å²) < 4.78 is 0. The maximum absolute atomic E-state index is 11.5. The number of rotatable bonds is 3. The molecule has 0 aromatic carbocycles. The number of aromatic nitrogens is 1. The molecule has 0 fully saturated rings. The molecule has 1 amide bonds. The number of nitrogens with two attached hydrogens (primary N) is 1. The number of amidine groups is 1. The lowest BCUT2D eigenvalue weighted by Crippen LogP contribution is -2.30. The van der Waals surface area contributed by atoms with Crippen LogP contribution in [-0.4, -0.2) is 29.0 Å². The lowest BCUT2D eigenvalue weighted by atomic mass is 10.3. The van der Waals surface area contributed by atoms with Crippen molar-refractivity contribution >= 4 is 17.4 Å². The third-order valence-corrected chi connectivity index (χ3v) is 1.87.